The van der Waals surface area contributed by atoms with E-state index in [0.717, 1.165) is 51.6 Å². The van der Waals surface area contributed by atoms with Crippen LogP contribution in [-0.2, 0) is 4.74 Å². The molecule has 27 heavy (non-hydrogen) atoms. The number of nitrogens with one attached hydrogen (secondary N) is 3. The van der Waals surface area contributed by atoms with Gasteiger partial charge in [0.15, 0.2) is 5.96 Å². The number of rotatable bonds is 7. The van der Waals surface area contributed by atoms with Crippen molar-refractivity contribution >= 4 is 5.96 Å². The molecule has 152 valence electrons. The number of hydrogen-bond acceptors (Lipinski definition) is 3. The molecule has 0 aromatic heterocycles. The summed E-state index contributed by atoms with van der Waals surface area (Å²) in [5, 5.41) is 10.3. The Labute approximate surface area is 165 Å². The highest BCUT2D eigenvalue weighted by atomic mass is 16.5. The van der Waals surface area contributed by atoms with Crippen LogP contribution in [0.25, 0.3) is 0 Å². The average molecular weight is 375 g/mol. The van der Waals surface area contributed by atoms with Crippen LogP contribution in [0.15, 0.2) is 29.3 Å². The minimum absolute atomic E-state index is 0.137. The molecule has 1 saturated heterocycles. The summed E-state index contributed by atoms with van der Waals surface area (Å²) in [7, 11) is 0. The van der Waals surface area contributed by atoms with Crippen molar-refractivity contribution in [3.05, 3.63) is 35.4 Å². The molecular formula is C22H38N4O. The number of hydrogen-bond donors (Lipinski definition) is 3. The van der Waals surface area contributed by atoms with Gasteiger partial charge in [0, 0.05) is 44.2 Å². The molecule has 1 aromatic rings. The first kappa shape index (κ1) is 21.7. The summed E-state index contributed by atoms with van der Waals surface area (Å²) in [6.45, 7) is 15.0. The molecule has 0 saturated carbocycles. The molecule has 5 heteroatoms. The minimum Gasteiger partial charge on any atom is -0.373 e. The summed E-state index contributed by atoms with van der Waals surface area (Å²) >= 11 is 0. The monoisotopic (exact) mass is 374 g/mol. The summed E-state index contributed by atoms with van der Waals surface area (Å²) in [5.74, 6) is 1.31. The van der Waals surface area contributed by atoms with E-state index in [-0.39, 0.29) is 11.6 Å². The van der Waals surface area contributed by atoms with Crippen molar-refractivity contribution in [1.29, 1.82) is 0 Å². The highest BCUT2D eigenvalue weighted by molar-refractivity contribution is 5.79. The highest BCUT2D eigenvalue weighted by Crippen LogP contribution is 2.33. The van der Waals surface area contributed by atoms with Crippen molar-refractivity contribution in [3.8, 4) is 0 Å². The van der Waals surface area contributed by atoms with Crippen LogP contribution in [0.4, 0.5) is 0 Å². The second-order valence-electron chi connectivity index (χ2n) is 8.43. The standard InChI is InChI=1S/C22H38N4O/c1-6-23-21(24-13-14-26-22(3,4)5)25-16-19-8-7-15-27-20(19)18-11-9-17(2)10-12-18/h9-12,19-20,26H,6-8,13-16H2,1-5H3,(H2,23,24,25). The number of aliphatic imine (C=N–C) groups is 1. The normalized spacial score (nSPS) is 21.1. The first-order valence-corrected chi connectivity index (χ1v) is 10.3. The first-order chi connectivity index (χ1) is 12.9. The van der Waals surface area contributed by atoms with E-state index in [1.807, 2.05) is 0 Å². The Morgan fingerprint density at radius 2 is 1.89 bits per heavy atom. The molecule has 0 aliphatic carbocycles. The first-order valence-electron chi connectivity index (χ1n) is 10.3. The molecule has 5 nitrogen and oxygen atoms in total. The fraction of sp³-hybridized carbons (Fsp3) is 0.682. The zero-order valence-electron chi connectivity index (χ0n) is 17.8. The minimum atomic E-state index is 0.137. The van der Waals surface area contributed by atoms with E-state index >= 15 is 0 Å². The number of aryl methyl sites for hydroxylation is 1. The molecule has 0 bridgehead atoms. The summed E-state index contributed by atoms with van der Waals surface area (Å²) in [6.07, 6.45) is 2.42. The van der Waals surface area contributed by atoms with E-state index in [9.17, 15) is 0 Å². The fourth-order valence-corrected chi connectivity index (χ4v) is 3.32. The Hall–Kier alpha value is -1.59. The molecule has 2 unspecified atom stereocenters. The lowest BCUT2D eigenvalue weighted by atomic mass is 9.89. The Bertz CT molecular complexity index is 577. The zero-order chi connectivity index (χ0) is 19.7. The maximum absolute atomic E-state index is 6.12. The van der Waals surface area contributed by atoms with Gasteiger partial charge < -0.3 is 20.7 Å². The Balaban J connectivity index is 1.94. The number of ether oxygens (including phenoxy) is 1. The largest absolute Gasteiger partial charge is 0.373 e. The van der Waals surface area contributed by atoms with E-state index in [4.69, 9.17) is 9.73 Å². The van der Waals surface area contributed by atoms with E-state index in [2.05, 4.69) is 74.8 Å². The molecule has 2 rings (SSSR count). The van der Waals surface area contributed by atoms with Gasteiger partial charge >= 0.3 is 0 Å². The van der Waals surface area contributed by atoms with Crippen LogP contribution < -0.4 is 16.0 Å². The van der Waals surface area contributed by atoms with Crippen LogP contribution in [0.5, 0.6) is 0 Å². The molecule has 0 radical (unpaired) electrons. The van der Waals surface area contributed by atoms with E-state index in [1.165, 1.54) is 11.1 Å². The van der Waals surface area contributed by atoms with Gasteiger partial charge in [0.05, 0.1) is 6.10 Å². The molecule has 1 fully saturated rings. The Morgan fingerprint density at radius 3 is 2.56 bits per heavy atom. The quantitative estimate of drug-likeness (QED) is 0.389. The van der Waals surface area contributed by atoms with E-state index < -0.39 is 0 Å². The predicted octanol–water partition coefficient (Wildman–Crippen LogP) is 3.41. The molecular weight excluding hydrogens is 336 g/mol. The Morgan fingerprint density at radius 1 is 1.15 bits per heavy atom. The molecule has 3 N–H and O–H groups in total. The molecule has 1 aliphatic heterocycles. The van der Waals surface area contributed by atoms with Gasteiger partial charge in [-0.15, -0.1) is 0 Å². The van der Waals surface area contributed by atoms with Gasteiger partial charge in [-0.3, -0.25) is 4.99 Å². The van der Waals surface area contributed by atoms with Gasteiger partial charge in [0.1, 0.15) is 0 Å². The third kappa shape index (κ3) is 7.89. The van der Waals surface area contributed by atoms with Gasteiger partial charge in [0.25, 0.3) is 0 Å². The lowest BCUT2D eigenvalue weighted by Gasteiger charge is -2.31. The number of guanidine groups is 1. The molecule has 1 aromatic carbocycles. The summed E-state index contributed by atoms with van der Waals surface area (Å²) < 4.78 is 6.12. The van der Waals surface area contributed by atoms with Crippen molar-refractivity contribution in [2.24, 2.45) is 10.9 Å². The Kier molecular flexibility index (Phi) is 8.58. The maximum atomic E-state index is 6.12. The van der Waals surface area contributed by atoms with Gasteiger partial charge in [-0.05, 0) is 53.0 Å². The SMILES string of the molecule is CCNC(=NCC1CCCOC1c1ccc(C)cc1)NCCNC(C)(C)C. The summed E-state index contributed by atoms with van der Waals surface area (Å²) in [4.78, 5) is 4.85. The fourth-order valence-electron chi connectivity index (χ4n) is 3.32. The predicted molar refractivity (Wildman–Crippen MR) is 114 cm³/mol. The van der Waals surface area contributed by atoms with Crippen molar-refractivity contribution in [2.45, 2.75) is 59.1 Å². The lowest BCUT2D eigenvalue weighted by Crippen LogP contribution is -2.44. The molecule has 0 spiro atoms. The highest BCUT2D eigenvalue weighted by Gasteiger charge is 2.27. The van der Waals surface area contributed by atoms with Crippen molar-refractivity contribution in [1.82, 2.24) is 16.0 Å². The van der Waals surface area contributed by atoms with E-state index in [0.29, 0.717) is 5.92 Å². The van der Waals surface area contributed by atoms with Crippen molar-refractivity contribution < 1.29 is 4.74 Å². The molecule has 2 atom stereocenters. The van der Waals surface area contributed by atoms with Crippen LogP contribution in [0, 0.1) is 12.8 Å². The maximum Gasteiger partial charge on any atom is 0.191 e. The van der Waals surface area contributed by atoms with Crippen LogP contribution in [0.3, 0.4) is 0 Å². The smallest absolute Gasteiger partial charge is 0.191 e. The van der Waals surface area contributed by atoms with Gasteiger partial charge in [0.2, 0.25) is 0 Å². The second kappa shape index (κ2) is 10.7. The third-order valence-electron chi connectivity index (χ3n) is 4.75. The van der Waals surface area contributed by atoms with Crippen LogP contribution >= 0.6 is 0 Å². The van der Waals surface area contributed by atoms with Crippen LogP contribution in [0.1, 0.15) is 57.8 Å². The van der Waals surface area contributed by atoms with Gasteiger partial charge in [-0.1, -0.05) is 29.8 Å². The van der Waals surface area contributed by atoms with Crippen molar-refractivity contribution in [2.75, 3.05) is 32.8 Å². The summed E-state index contributed by atoms with van der Waals surface area (Å²) in [5.41, 5.74) is 2.69. The molecule has 0 amide bonds. The summed E-state index contributed by atoms with van der Waals surface area (Å²) in [6, 6.07) is 8.73. The average Bonchev–Trinajstić information content (AvgIpc) is 2.63. The second-order valence-corrected chi connectivity index (χ2v) is 8.43. The zero-order valence-corrected chi connectivity index (χ0v) is 17.8. The number of benzene rings is 1. The van der Waals surface area contributed by atoms with Crippen molar-refractivity contribution in [3.63, 3.8) is 0 Å². The van der Waals surface area contributed by atoms with Crippen LogP contribution in [-0.4, -0.2) is 44.3 Å². The van der Waals surface area contributed by atoms with E-state index in [1.54, 1.807) is 0 Å². The van der Waals surface area contributed by atoms with Crippen LogP contribution in [0.2, 0.25) is 0 Å². The van der Waals surface area contributed by atoms with Gasteiger partial charge in [-0.25, -0.2) is 0 Å². The molecule has 1 heterocycles. The third-order valence-corrected chi connectivity index (χ3v) is 4.75. The molecule has 1 aliphatic rings. The number of nitrogens with zero attached hydrogens (tertiary/aromatic N) is 1. The topological polar surface area (TPSA) is 57.7 Å². The lowest BCUT2D eigenvalue weighted by molar-refractivity contribution is -0.0250. The van der Waals surface area contributed by atoms with Gasteiger partial charge in [-0.2, -0.15) is 0 Å².